The molecule has 0 saturated carbocycles. The monoisotopic (exact) mass is 343 g/mol. The summed E-state index contributed by atoms with van der Waals surface area (Å²) in [6.45, 7) is 2.66. The van der Waals surface area contributed by atoms with Crippen LogP contribution >= 0.6 is 15.9 Å². The van der Waals surface area contributed by atoms with Crippen molar-refractivity contribution in [3.8, 4) is 0 Å². The first-order chi connectivity index (χ1) is 9.43. The van der Waals surface area contributed by atoms with Crippen LogP contribution in [0.5, 0.6) is 0 Å². The molecule has 108 valence electrons. The molecule has 20 heavy (non-hydrogen) atoms. The Morgan fingerprint density at radius 3 is 2.75 bits per heavy atom. The largest absolute Gasteiger partial charge is 0.469 e. The molecular formula is C14H15BrFNO3. The predicted octanol–water partition coefficient (Wildman–Crippen LogP) is 2.47. The molecule has 1 aromatic carbocycles. The average molecular weight is 344 g/mol. The number of hydrogen-bond acceptors (Lipinski definition) is 3. The van der Waals surface area contributed by atoms with Gasteiger partial charge in [0.15, 0.2) is 0 Å². The maximum Gasteiger partial charge on any atom is 0.310 e. The lowest BCUT2D eigenvalue weighted by Crippen LogP contribution is -2.30. The molecule has 0 radical (unpaired) electrons. The minimum atomic E-state index is -0.465. The summed E-state index contributed by atoms with van der Waals surface area (Å²) in [5.74, 6) is -1.36. The van der Waals surface area contributed by atoms with Crippen LogP contribution in [0, 0.1) is 17.7 Å². The molecule has 2 atom stereocenters. The third-order valence-corrected chi connectivity index (χ3v) is 4.25. The summed E-state index contributed by atoms with van der Waals surface area (Å²) in [4.78, 5) is 25.6. The molecule has 6 heteroatoms. The SMILES string of the molecule is COC(=O)C1CN(C(=O)c2cc(F)ccc2Br)CC1C. The number of hydrogen-bond donors (Lipinski definition) is 0. The molecule has 0 aromatic heterocycles. The van der Waals surface area contributed by atoms with E-state index in [0.717, 1.165) is 0 Å². The number of rotatable bonds is 2. The van der Waals surface area contributed by atoms with Crippen LogP contribution in [-0.2, 0) is 9.53 Å². The second kappa shape index (κ2) is 5.91. The van der Waals surface area contributed by atoms with E-state index in [1.807, 2.05) is 6.92 Å². The van der Waals surface area contributed by atoms with Crippen molar-refractivity contribution in [1.82, 2.24) is 4.90 Å². The van der Waals surface area contributed by atoms with Crippen LogP contribution in [0.3, 0.4) is 0 Å². The van der Waals surface area contributed by atoms with Crippen LogP contribution in [0.2, 0.25) is 0 Å². The van der Waals surface area contributed by atoms with E-state index in [1.165, 1.54) is 25.3 Å². The van der Waals surface area contributed by atoms with Crippen molar-refractivity contribution >= 4 is 27.8 Å². The molecule has 1 heterocycles. The van der Waals surface area contributed by atoms with Crippen LogP contribution in [0.1, 0.15) is 17.3 Å². The Kier molecular flexibility index (Phi) is 4.42. The standard InChI is InChI=1S/C14H15BrFNO3/c1-8-6-17(7-11(8)14(19)20-2)13(18)10-5-9(16)3-4-12(10)15/h3-5,8,11H,6-7H2,1-2H3. The predicted molar refractivity (Wildman–Crippen MR) is 74.7 cm³/mol. The Hall–Kier alpha value is -1.43. The summed E-state index contributed by atoms with van der Waals surface area (Å²) in [6.07, 6.45) is 0. The second-order valence-electron chi connectivity index (χ2n) is 4.94. The quantitative estimate of drug-likeness (QED) is 0.775. The molecule has 1 saturated heterocycles. The maximum atomic E-state index is 13.3. The minimum absolute atomic E-state index is 0.0266. The molecule has 1 aliphatic rings. The number of benzene rings is 1. The Bertz CT molecular complexity index is 549. The fourth-order valence-corrected chi connectivity index (χ4v) is 2.84. The Morgan fingerprint density at radius 1 is 1.40 bits per heavy atom. The van der Waals surface area contributed by atoms with Gasteiger partial charge in [-0.05, 0) is 40.0 Å². The number of amides is 1. The van der Waals surface area contributed by atoms with E-state index >= 15 is 0 Å². The highest BCUT2D eigenvalue weighted by atomic mass is 79.9. The zero-order valence-electron chi connectivity index (χ0n) is 11.2. The van der Waals surface area contributed by atoms with Crippen molar-refractivity contribution in [3.05, 3.63) is 34.1 Å². The van der Waals surface area contributed by atoms with E-state index in [2.05, 4.69) is 15.9 Å². The van der Waals surface area contributed by atoms with Crippen LogP contribution in [0.4, 0.5) is 4.39 Å². The van der Waals surface area contributed by atoms with Crippen LogP contribution in [0.15, 0.2) is 22.7 Å². The normalized spacial score (nSPS) is 21.9. The molecule has 0 N–H and O–H groups in total. The number of carbonyl (C=O) groups is 2. The number of esters is 1. The molecule has 1 fully saturated rings. The van der Waals surface area contributed by atoms with Gasteiger partial charge in [0, 0.05) is 17.6 Å². The van der Waals surface area contributed by atoms with Gasteiger partial charge in [0.05, 0.1) is 18.6 Å². The lowest BCUT2D eigenvalue weighted by molar-refractivity contribution is -0.146. The maximum absolute atomic E-state index is 13.3. The molecule has 4 nitrogen and oxygen atoms in total. The zero-order valence-corrected chi connectivity index (χ0v) is 12.8. The molecule has 1 aliphatic heterocycles. The molecule has 0 bridgehead atoms. The smallest absolute Gasteiger partial charge is 0.310 e. The first-order valence-electron chi connectivity index (χ1n) is 6.26. The van der Waals surface area contributed by atoms with Crippen LogP contribution in [-0.4, -0.2) is 37.0 Å². The molecule has 1 aromatic rings. The van der Waals surface area contributed by atoms with Crippen molar-refractivity contribution in [3.63, 3.8) is 0 Å². The summed E-state index contributed by atoms with van der Waals surface area (Å²) < 4.78 is 18.5. The highest BCUT2D eigenvalue weighted by molar-refractivity contribution is 9.10. The van der Waals surface area contributed by atoms with Crippen molar-refractivity contribution in [1.29, 1.82) is 0 Å². The van der Waals surface area contributed by atoms with Gasteiger partial charge in [0.1, 0.15) is 5.82 Å². The minimum Gasteiger partial charge on any atom is -0.469 e. The van der Waals surface area contributed by atoms with Crippen molar-refractivity contribution in [2.45, 2.75) is 6.92 Å². The molecule has 0 aliphatic carbocycles. The third-order valence-electron chi connectivity index (χ3n) is 3.56. The summed E-state index contributed by atoms with van der Waals surface area (Å²) in [6, 6.07) is 3.98. The Morgan fingerprint density at radius 2 is 2.10 bits per heavy atom. The van der Waals surface area contributed by atoms with Gasteiger partial charge >= 0.3 is 5.97 Å². The van der Waals surface area contributed by atoms with E-state index in [0.29, 0.717) is 17.6 Å². The van der Waals surface area contributed by atoms with Crippen LogP contribution < -0.4 is 0 Å². The molecule has 0 spiro atoms. The molecule has 2 rings (SSSR count). The van der Waals surface area contributed by atoms with Gasteiger partial charge in [-0.25, -0.2) is 4.39 Å². The van der Waals surface area contributed by atoms with Crippen LogP contribution in [0.25, 0.3) is 0 Å². The number of methoxy groups -OCH3 is 1. The highest BCUT2D eigenvalue weighted by Crippen LogP contribution is 2.27. The second-order valence-corrected chi connectivity index (χ2v) is 5.80. The number of ether oxygens (including phenoxy) is 1. The summed E-state index contributed by atoms with van der Waals surface area (Å²) in [7, 11) is 1.34. The van der Waals surface area contributed by atoms with Gasteiger partial charge in [0.2, 0.25) is 0 Å². The Labute approximate surface area is 125 Å². The van der Waals surface area contributed by atoms with Gasteiger partial charge in [-0.1, -0.05) is 6.92 Å². The topological polar surface area (TPSA) is 46.6 Å². The first kappa shape index (κ1) is 15.0. The summed E-state index contributed by atoms with van der Waals surface area (Å²) in [5.41, 5.74) is 0.266. The molecular weight excluding hydrogens is 329 g/mol. The zero-order chi connectivity index (χ0) is 14.9. The third kappa shape index (κ3) is 2.85. The Balaban J connectivity index is 2.19. The number of nitrogens with zero attached hydrogens (tertiary/aromatic N) is 1. The number of halogens is 2. The number of likely N-dealkylation sites (tertiary alicyclic amines) is 1. The van der Waals surface area contributed by atoms with Gasteiger partial charge in [-0.2, -0.15) is 0 Å². The van der Waals surface area contributed by atoms with Gasteiger partial charge in [-0.3, -0.25) is 9.59 Å². The fourth-order valence-electron chi connectivity index (χ4n) is 2.42. The van der Waals surface area contributed by atoms with Crippen molar-refractivity contribution in [2.75, 3.05) is 20.2 Å². The summed E-state index contributed by atoms with van der Waals surface area (Å²) in [5, 5.41) is 0. The van der Waals surface area contributed by atoms with E-state index in [-0.39, 0.29) is 29.3 Å². The van der Waals surface area contributed by atoms with Crippen molar-refractivity contribution < 1.29 is 18.7 Å². The number of carbonyl (C=O) groups excluding carboxylic acids is 2. The molecule has 2 unspecified atom stereocenters. The van der Waals surface area contributed by atoms with E-state index < -0.39 is 5.82 Å². The average Bonchev–Trinajstić information content (AvgIpc) is 2.82. The lowest BCUT2D eigenvalue weighted by Gasteiger charge is -2.17. The van der Waals surface area contributed by atoms with E-state index in [4.69, 9.17) is 4.74 Å². The molecule has 1 amide bonds. The van der Waals surface area contributed by atoms with E-state index in [9.17, 15) is 14.0 Å². The van der Waals surface area contributed by atoms with Gasteiger partial charge in [-0.15, -0.1) is 0 Å². The van der Waals surface area contributed by atoms with Crippen molar-refractivity contribution in [2.24, 2.45) is 11.8 Å². The first-order valence-corrected chi connectivity index (χ1v) is 7.05. The van der Waals surface area contributed by atoms with Gasteiger partial charge < -0.3 is 9.64 Å². The summed E-state index contributed by atoms with van der Waals surface area (Å²) >= 11 is 3.25. The lowest BCUT2D eigenvalue weighted by atomic mass is 9.99. The van der Waals surface area contributed by atoms with E-state index in [1.54, 1.807) is 4.90 Å². The highest BCUT2D eigenvalue weighted by Gasteiger charge is 2.38. The van der Waals surface area contributed by atoms with Gasteiger partial charge in [0.25, 0.3) is 5.91 Å². The fraction of sp³-hybridized carbons (Fsp3) is 0.429.